The molecule has 0 bridgehead atoms. The van der Waals surface area contributed by atoms with E-state index >= 15 is 0 Å². The highest BCUT2D eigenvalue weighted by Crippen LogP contribution is 2.00. The lowest BCUT2D eigenvalue weighted by molar-refractivity contribution is -0.134. The molecule has 0 fully saturated rings. The molecular formula is C5H11NO2S2. The molecule has 2 N–H and O–H groups in total. The van der Waals surface area contributed by atoms with Crippen molar-refractivity contribution in [3.8, 4) is 0 Å². The molecule has 0 aliphatic heterocycles. The molecule has 0 aromatic rings. The Morgan fingerprint density at radius 2 is 2.50 bits per heavy atom. The first kappa shape index (κ1) is 10.1. The standard InChI is InChI=1S/C5H11NO2S2/c1-10-3-2-4(6)5(7)8-9/h4,9H,2-3,6H2,1H3. The fourth-order valence-electron chi connectivity index (χ4n) is 0.430. The maximum Gasteiger partial charge on any atom is 0.334 e. The monoisotopic (exact) mass is 181 g/mol. The second kappa shape index (κ2) is 5.88. The van der Waals surface area contributed by atoms with Gasteiger partial charge in [-0.1, -0.05) is 0 Å². The quantitative estimate of drug-likeness (QED) is 0.488. The van der Waals surface area contributed by atoms with E-state index in [0.717, 1.165) is 5.75 Å². The first-order valence-electron chi connectivity index (χ1n) is 2.82. The SMILES string of the molecule is CSCCC(N)C(=O)OS. The van der Waals surface area contributed by atoms with E-state index in [1.54, 1.807) is 11.8 Å². The summed E-state index contributed by atoms with van der Waals surface area (Å²) in [5.41, 5.74) is 5.38. The smallest absolute Gasteiger partial charge is 0.334 e. The van der Waals surface area contributed by atoms with Gasteiger partial charge in [-0.2, -0.15) is 11.8 Å². The molecule has 0 rings (SSSR count). The van der Waals surface area contributed by atoms with Crippen LogP contribution < -0.4 is 5.73 Å². The zero-order valence-corrected chi connectivity index (χ0v) is 7.45. The number of nitrogens with two attached hydrogens (primary N) is 1. The number of carbonyl (C=O) groups is 1. The van der Waals surface area contributed by atoms with E-state index < -0.39 is 12.0 Å². The molecule has 0 amide bonds. The highest BCUT2D eigenvalue weighted by atomic mass is 32.2. The molecule has 1 atom stereocenters. The largest absolute Gasteiger partial charge is 0.393 e. The van der Waals surface area contributed by atoms with E-state index in [2.05, 4.69) is 17.1 Å². The van der Waals surface area contributed by atoms with Crippen LogP contribution in [0.15, 0.2) is 0 Å². The number of hydrogen-bond donors (Lipinski definition) is 2. The van der Waals surface area contributed by atoms with Crippen LogP contribution in [0.5, 0.6) is 0 Å². The van der Waals surface area contributed by atoms with Gasteiger partial charge >= 0.3 is 5.97 Å². The second-order valence-corrected chi connectivity index (χ2v) is 2.97. The lowest BCUT2D eigenvalue weighted by Crippen LogP contribution is -2.31. The Bertz CT molecular complexity index is 110. The third-order valence-electron chi connectivity index (χ3n) is 1.03. The Hall–Kier alpha value is 0.130. The van der Waals surface area contributed by atoms with E-state index in [1.807, 2.05) is 6.26 Å². The van der Waals surface area contributed by atoms with Crippen LogP contribution in [-0.2, 0) is 8.98 Å². The lowest BCUT2D eigenvalue weighted by Gasteiger charge is -2.05. The fraction of sp³-hybridized carbons (Fsp3) is 0.800. The van der Waals surface area contributed by atoms with Gasteiger partial charge in [0.05, 0.1) is 0 Å². The average Bonchev–Trinajstić information content (AvgIpc) is 1.98. The van der Waals surface area contributed by atoms with E-state index in [-0.39, 0.29) is 0 Å². The van der Waals surface area contributed by atoms with Crippen molar-refractivity contribution in [2.75, 3.05) is 12.0 Å². The molecule has 5 heteroatoms. The molecule has 0 aliphatic carbocycles. The summed E-state index contributed by atoms with van der Waals surface area (Å²) in [5.74, 6) is 0.404. The van der Waals surface area contributed by atoms with E-state index in [9.17, 15) is 4.79 Å². The molecule has 0 aromatic carbocycles. The van der Waals surface area contributed by atoms with E-state index in [1.165, 1.54) is 0 Å². The maximum atomic E-state index is 10.6. The first-order valence-corrected chi connectivity index (χ1v) is 4.58. The van der Waals surface area contributed by atoms with Crippen molar-refractivity contribution in [1.29, 1.82) is 0 Å². The molecule has 3 nitrogen and oxygen atoms in total. The van der Waals surface area contributed by atoms with Crippen LogP contribution in [0.4, 0.5) is 0 Å². The van der Waals surface area contributed by atoms with Crippen LogP contribution in [-0.4, -0.2) is 24.0 Å². The van der Waals surface area contributed by atoms with Gasteiger partial charge in [-0.05, 0) is 18.4 Å². The minimum atomic E-state index is -0.523. The molecule has 0 aromatic heterocycles. The van der Waals surface area contributed by atoms with Crippen molar-refractivity contribution in [3.63, 3.8) is 0 Å². The molecule has 0 saturated carbocycles. The summed E-state index contributed by atoms with van der Waals surface area (Å²) in [6, 6.07) is -0.523. The van der Waals surface area contributed by atoms with Gasteiger partial charge in [-0.3, -0.25) is 0 Å². The summed E-state index contributed by atoms with van der Waals surface area (Å²) in [5, 5.41) is 0. The molecule has 0 radical (unpaired) electrons. The van der Waals surface area contributed by atoms with Gasteiger partial charge in [0.2, 0.25) is 0 Å². The van der Waals surface area contributed by atoms with Gasteiger partial charge in [-0.25, -0.2) is 4.79 Å². The Kier molecular flexibility index (Phi) is 5.96. The number of thioether (sulfide) groups is 1. The van der Waals surface area contributed by atoms with Crippen molar-refractivity contribution < 1.29 is 8.98 Å². The maximum absolute atomic E-state index is 10.6. The molecule has 0 heterocycles. The first-order chi connectivity index (χ1) is 4.72. The molecular weight excluding hydrogens is 170 g/mol. The molecule has 1 unspecified atom stereocenters. The molecule has 0 aliphatic rings. The zero-order valence-electron chi connectivity index (χ0n) is 5.74. The minimum Gasteiger partial charge on any atom is -0.393 e. The van der Waals surface area contributed by atoms with E-state index in [4.69, 9.17) is 5.73 Å². The molecule has 0 spiro atoms. The lowest BCUT2D eigenvalue weighted by atomic mass is 10.2. The Morgan fingerprint density at radius 3 is 2.90 bits per heavy atom. The number of carbonyl (C=O) groups excluding carboxylic acids is 1. The Balaban J connectivity index is 3.41. The van der Waals surface area contributed by atoms with Crippen LogP contribution in [0, 0.1) is 0 Å². The summed E-state index contributed by atoms with van der Waals surface area (Å²) in [6.07, 6.45) is 2.60. The van der Waals surface area contributed by atoms with Crippen LogP contribution in [0.1, 0.15) is 6.42 Å². The topological polar surface area (TPSA) is 52.3 Å². The summed E-state index contributed by atoms with van der Waals surface area (Å²) in [4.78, 5) is 10.6. The number of rotatable bonds is 4. The third kappa shape index (κ3) is 4.03. The van der Waals surface area contributed by atoms with Crippen molar-refractivity contribution >= 4 is 30.6 Å². The van der Waals surface area contributed by atoms with Gasteiger partial charge in [-0.15, -0.1) is 0 Å². The second-order valence-electron chi connectivity index (χ2n) is 1.80. The predicted molar refractivity (Wildman–Crippen MR) is 46.1 cm³/mol. The van der Waals surface area contributed by atoms with Gasteiger partial charge in [0.15, 0.2) is 0 Å². The third-order valence-corrected chi connectivity index (χ3v) is 1.85. The van der Waals surface area contributed by atoms with Crippen LogP contribution in [0.2, 0.25) is 0 Å². The van der Waals surface area contributed by atoms with Gasteiger partial charge in [0.25, 0.3) is 0 Å². The Labute approximate surface area is 70.3 Å². The summed E-state index contributed by atoms with van der Waals surface area (Å²) < 4.78 is 4.13. The van der Waals surface area contributed by atoms with Crippen molar-refractivity contribution in [2.24, 2.45) is 5.73 Å². The number of hydrogen-bond acceptors (Lipinski definition) is 5. The summed E-state index contributed by atoms with van der Waals surface area (Å²) in [7, 11) is 0. The average molecular weight is 181 g/mol. The molecule has 60 valence electrons. The van der Waals surface area contributed by atoms with Crippen molar-refractivity contribution in [3.05, 3.63) is 0 Å². The van der Waals surface area contributed by atoms with Gasteiger partial charge in [0, 0.05) is 12.9 Å². The minimum absolute atomic E-state index is 0.461. The normalized spacial score (nSPS) is 12.7. The Morgan fingerprint density at radius 1 is 1.90 bits per heavy atom. The molecule has 10 heavy (non-hydrogen) atoms. The van der Waals surface area contributed by atoms with Crippen LogP contribution in [0.25, 0.3) is 0 Å². The van der Waals surface area contributed by atoms with Crippen LogP contribution >= 0.6 is 24.7 Å². The van der Waals surface area contributed by atoms with Gasteiger partial charge < -0.3 is 9.92 Å². The fourth-order valence-corrected chi connectivity index (χ4v) is 1.06. The summed E-state index contributed by atoms with van der Waals surface area (Å²) >= 11 is 4.99. The number of thiol groups is 1. The van der Waals surface area contributed by atoms with Crippen LogP contribution in [0.3, 0.4) is 0 Å². The van der Waals surface area contributed by atoms with E-state index in [0.29, 0.717) is 6.42 Å². The van der Waals surface area contributed by atoms with Crippen molar-refractivity contribution in [1.82, 2.24) is 0 Å². The summed E-state index contributed by atoms with van der Waals surface area (Å²) in [6.45, 7) is 0. The predicted octanol–water partition coefficient (Wildman–Crippen LogP) is 0.455. The highest BCUT2D eigenvalue weighted by molar-refractivity contribution is 7.98. The van der Waals surface area contributed by atoms with Crippen molar-refractivity contribution in [2.45, 2.75) is 12.5 Å². The molecule has 0 saturated heterocycles. The zero-order chi connectivity index (χ0) is 7.98. The highest BCUT2D eigenvalue weighted by Gasteiger charge is 2.12. The van der Waals surface area contributed by atoms with Gasteiger partial charge in [0.1, 0.15) is 6.04 Å².